The Morgan fingerprint density at radius 2 is 1.49 bits per heavy atom. The molecule has 0 saturated heterocycles. The van der Waals surface area contributed by atoms with Crippen molar-refractivity contribution in [1.82, 2.24) is 25.0 Å². The number of hydrogen-bond acceptors (Lipinski definition) is 8. The lowest BCUT2D eigenvalue weighted by Crippen LogP contribution is -2.55. The maximum Gasteiger partial charge on any atom is 0.236 e. The van der Waals surface area contributed by atoms with E-state index in [-0.39, 0.29) is 61.5 Å². The smallest absolute Gasteiger partial charge is 0.236 e. The van der Waals surface area contributed by atoms with Gasteiger partial charge in [-0.15, -0.1) is 0 Å². The largest absolute Gasteiger partial charge is 0.393 e. The summed E-state index contributed by atoms with van der Waals surface area (Å²) in [5, 5.41) is 25.3. The minimum absolute atomic E-state index is 0.0989. The van der Waals surface area contributed by atoms with Crippen molar-refractivity contribution < 1.29 is 33.0 Å². The van der Waals surface area contributed by atoms with E-state index in [2.05, 4.69) is 10.7 Å². The molecular weight excluding hydrogens is 598 g/mol. The third-order valence-electron chi connectivity index (χ3n) is 9.39. The maximum atomic E-state index is 14.0. The molecular formula is C32H61N5O7S. The number of carbonyl (C=O) groups is 3. The van der Waals surface area contributed by atoms with Crippen molar-refractivity contribution in [3.8, 4) is 0 Å². The molecule has 2 saturated carbocycles. The van der Waals surface area contributed by atoms with Crippen molar-refractivity contribution in [3.05, 3.63) is 0 Å². The molecule has 262 valence electrons. The zero-order chi connectivity index (χ0) is 33.9. The van der Waals surface area contributed by atoms with Crippen LogP contribution in [0.2, 0.25) is 0 Å². The van der Waals surface area contributed by atoms with E-state index < -0.39 is 39.3 Å². The van der Waals surface area contributed by atoms with Gasteiger partial charge in [0.2, 0.25) is 27.7 Å². The Balaban J connectivity index is 2.33. The monoisotopic (exact) mass is 659 g/mol. The Morgan fingerprint density at radius 3 is 2.00 bits per heavy atom. The fourth-order valence-corrected chi connectivity index (χ4v) is 8.15. The summed E-state index contributed by atoms with van der Waals surface area (Å²) in [7, 11) is -0.784. The van der Waals surface area contributed by atoms with Gasteiger partial charge in [0.05, 0.1) is 23.5 Å². The molecule has 2 aliphatic rings. The number of amides is 3. The summed E-state index contributed by atoms with van der Waals surface area (Å²) in [4.78, 5) is 41.8. The molecule has 0 aromatic rings. The summed E-state index contributed by atoms with van der Waals surface area (Å²) in [5.74, 6) is -2.00. The van der Waals surface area contributed by atoms with E-state index in [9.17, 15) is 33.0 Å². The molecule has 4 N–H and O–H groups in total. The second-order valence-corrected chi connectivity index (χ2v) is 16.1. The van der Waals surface area contributed by atoms with Crippen LogP contribution >= 0.6 is 0 Å². The van der Waals surface area contributed by atoms with Gasteiger partial charge in [0.25, 0.3) is 0 Å². The van der Waals surface area contributed by atoms with Crippen molar-refractivity contribution in [1.29, 1.82) is 0 Å². The molecule has 0 spiro atoms. The van der Waals surface area contributed by atoms with Crippen molar-refractivity contribution in [2.75, 3.05) is 40.3 Å². The van der Waals surface area contributed by atoms with Gasteiger partial charge in [0.1, 0.15) is 0 Å². The Labute approximate surface area is 271 Å². The average Bonchev–Trinajstić information content (AvgIpc) is 3.00. The Morgan fingerprint density at radius 1 is 0.911 bits per heavy atom. The Bertz CT molecular complexity index is 1040. The van der Waals surface area contributed by atoms with E-state index in [1.54, 1.807) is 23.8 Å². The zero-order valence-electron chi connectivity index (χ0n) is 28.7. The van der Waals surface area contributed by atoms with Gasteiger partial charge in [-0.25, -0.2) is 17.7 Å². The predicted molar refractivity (Wildman–Crippen MR) is 175 cm³/mol. The van der Waals surface area contributed by atoms with Crippen LogP contribution in [-0.2, 0) is 24.4 Å². The highest BCUT2D eigenvalue weighted by Gasteiger charge is 2.44. The van der Waals surface area contributed by atoms with E-state index in [1.807, 2.05) is 20.8 Å². The summed E-state index contributed by atoms with van der Waals surface area (Å²) < 4.78 is 27.8. The van der Waals surface area contributed by atoms with Crippen LogP contribution in [0.1, 0.15) is 98.8 Å². The summed E-state index contributed by atoms with van der Waals surface area (Å²) >= 11 is 0. The van der Waals surface area contributed by atoms with Crippen LogP contribution in [0.5, 0.6) is 0 Å². The molecule has 45 heavy (non-hydrogen) atoms. The van der Waals surface area contributed by atoms with Gasteiger partial charge in [-0.3, -0.25) is 19.8 Å². The summed E-state index contributed by atoms with van der Waals surface area (Å²) in [6.07, 6.45) is 4.09. The van der Waals surface area contributed by atoms with Crippen LogP contribution in [0.25, 0.3) is 0 Å². The minimum atomic E-state index is -3.73. The van der Waals surface area contributed by atoms with Gasteiger partial charge in [-0.05, 0) is 70.1 Å². The summed E-state index contributed by atoms with van der Waals surface area (Å²) in [6.45, 7) is 11.2. The normalized spacial score (nSPS) is 25.6. The molecule has 2 aliphatic carbocycles. The van der Waals surface area contributed by atoms with E-state index in [0.29, 0.717) is 38.9 Å². The first kappa shape index (κ1) is 39.4. The van der Waals surface area contributed by atoms with Crippen molar-refractivity contribution in [2.24, 2.45) is 23.7 Å². The number of hydrazine groups is 1. The lowest BCUT2D eigenvalue weighted by molar-refractivity contribution is -0.139. The van der Waals surface area contributed by atoms with Gasteiger partial charge >= 0.3 is 0 Å². The van der Waals surface area contributed by atoms with Gasteiger partial charge < -0.3 is 20.4 Å². The van der Waals surface area contributed by atoms with Crippen molar-refractivity contribution >= 4 is 27.7 Å². The van der Waals surface area contributed by atoms with E-state index >= 15 is 0 Å². The maximum absolute atomic E-state index is 14.0. The molecule has 13 heteroatoms. The number of likely N-dealkylation sites (N-methyl/N-ethyl adjacent to an activating group) is 1. The molecule has 12 nitrogen and oxygen atoms in total. The van der Waals surface area contributed by atoms with Gasteiger partial charge in [-0.2, -0.15) is 0 Å². The van der Waals surface area contributed by atoms with E-state index in [0.717, 1.165) is 25.7 Å². The average molecular weight is 660 g/mol. The number of nitrogens with zero attached hydrogens (tertiary/aromatic N) is 3. The van der Waals surface area contributed by atoms with Crippen molar-refractivity contribution in [3.63, 3.8) is 0 Å². The quantitative estimate of drug-likeness (QED) is 0.173. The number of nitrogens with one attached hydrogen (secondary N) is 2. The Kier molecular flexibility index (Phi) is 16.2. The van der Waals surface area contributed by atoms with Crippen LogP contribution in [0.3, 0.4) is 0 Å². The third-order valence-corrected chi connectivity index (χ3v) is 11.6. The van der Waals surface area contributed by atoms with Crippen LogP contribution in [0.4, 0.5) is 0 Å². The highest BCUT2D eigenvalue weighted by Crippen LogP contribution is 2.36. The SMILES string of the molecule is CCCN(CCC)C(=O)C1CC(C(=O)NC(CC2CCC(O)CC2)C(O)CN(CC)NC(=O)C(C)C)CC(S(=O)(=O)N(C)C)C1. The first-order chi connectivity index (χ1) is 21.1. The number of aliphatic hydroxyl groups excluding tert-OH is 2. The molecule has 0 aliphatic heterocycles. The number of sulfonamides is 1. The summed E-state index contributed by atoms with van der Waals surface area (Å²) in [6, 6.07) is -0.653. The molecule has 0 aromatic heterocycles. The molecule has 0 radical (unpaired) electrons. The van der Waals surface area contributed by atoms with Gasteiger partial charge in [-0.1, -0.05) is 34.6 Å². The van der Waals surface area contributed by atoms with Crippen LogP contribution in [0.15, 0.2) is 0 Å². The van der Waals surface area contributed by atoms with Crippen LogP contribution in [0, 0.1) is 23.7 Å². The second kappa shape index (κ2) is 18.5. The molecule has 2 fully saturated rings. The second-order valence-electron chi connectivity index (χ2n) is 13.6. The third kappa shape index (κ3) is 11.7. The fraction of sp³-hybridized carbons (Fsp3) is 0.906. The number of carbonyl (C=O) groups excluding carboxylic acids is 3. The predicted octanol–water partition coefficient (Wildman–Crippen LogP) is 2.11. The fourth-order valence-electron chi connectivity index (χ4n) is 6.60. The van der Waals surface area contributed by atoms with Crippen LogP contribution in [-0.4, -0.2) is 114 Å². The van der Waals surface area contributed by atoms with E-state index in [1.165, 1.54) is 18.4 Å². The van der Waals surface area contributed by atoms with E-state index in [4.69, 9.17) is 0 Å². The van der Waals surface area contributed by atoms with Gasteiger partial charge in [0, 0.05) is 58.0 Å². The zero-order valence-corrected chi connectivity index (χ0v) is 29.5. The molecule has 0 bridgehead atoms. The highest BCUT2D eigenvalue weighted by molar-refractivity contribution is 7.89. The Hall–Kier alpha value is -1.80. The highest BCUT2D eigenvalue weighted by atomic mass is 32.2. The first-order valence-corrected chi connectivity index (χ1v) is 18.6. The molecule has 3 amide bonds. The standard InChI is InChI=1S/C32H61N5O7S/c1-8-15-36(16-9-2)32(42)25-18-24(19-27(20-25)45(43,44)35(6)7)31(41)33-28(17-23-11-13-26(38)14-12-23)29(39)21-37(10-3)34-30(40)22(4)5/h22-29,38-39H,8-21H2,1-7H3,(H,33,41)(H,34,40). The molecule has 0 heterocycles. The number of aliphatic hydroxyl groups is 2. The molecule has 2 rings (SSSR count). The number of hydrogen-bond donors (Lipinski definition) is 4. The molecule has 5 unspecified atom stereocenters. The minimum Gasteiger partial charge on any atom is -0.393 e. The topological polar surface area (TPSA) is 160 Å². The first-order valence-electron chi connectivity index (χ1n) is 17.1. The lowest BCUT2D eigenvalue weighted by atomic mass is 9.79. The van der Waals surface area contributed by atoms with Crippen LogP contribution < -0.4 is 10.7 Å². The number of rotatable bonds is 17. The molecule has 0 aromatic carbocycles. The lowest BCUT2D eigenvalue weighted by Gasteiger charge is -2.38. The summed E-state index contributed by atoms with van der Waals surface area (Å²) in [5.41, 5.74) is 2.84. The van der Waals surface area contributed by atoms with Crippen molar-refractivity contribution in [2.45, 2.75) is 122 Å². The molecule has 5 atom stereocenters. The van der Waals surface area contributed by atoms with Gasteiger partial charge in [0.15, 0.2) is 0 Å².